The Morgan fingerprint density at radius 3 is 2.93 bits per heavy atom. The lowest BCUT2D eigenvalue weighted by atomic mass is 9.93. The summed E-state index contributed by atoms with van der Waals surface area (Å²) in [6.45, 7) is 9.01. The first-order chi connectivity index (χ1) is 13.4. The summed E-state index contributed by atoms with van der Waals surface area (Å²) in [6, 6.07) is 1.99. The summed E-state index contributed by atoms with van der Waals surface area (Å²) in [4.78, 5) is 19.7. The smallest absolute Gasteiger partial charge is 0.407 e. The highest BCUT2D eigenvalue weighted by molar-refractivity contribution is 5.74. The molecule has 3 aromatic rings. The van der Waals surface area contributed by atoms with E-state index in [2.05, 4.69) is 57.6 Å². The lowest BCUT2D eigenvalue weighted by Crippen LogP contribution is -2.34. The topological polar surface area (TPSA) is 97.2 Å². The maximum absolute atomic E-state index is 12.2. The molecule has 0 aliphatic heterocycles. The van der Waals surface area contributed by atoms with Gasteiger partial charge in [0.15, 0.2) is 11.3 Å². The minimum atomic E-state index is -0.334. The molecule has 2 N–H and O–H groups in total. The number of alkyl carbamates (subject to hydrolysis) is 1. The molecule has 4 rings (SSSR count). The number of hydrogen-bond acceptors (Lipinski definition) is 5. The van der Waals surface area contributed by atoms with E-state index < -0.39 is 0 Å². The van der Waals surface area contributed by atoms with Crippen LogP contribution in [-0.4, -0.2) is 43.3 Å². The van der Waals surface area contributed by atoms with Crippen LogP contribution < -0.4 is 5.32 Å². The van der Waals surface area contributed by atoms with E-state index in [9.17, 15) is 4.79 Å². The van der Waals surface area contributed by atoms with Crippen molar-refractivity contribution in [2.75, 3.05) is 6.54 Å². The summed E-state index contributed by atoms with van der Waals surface area (Å²) in [7, 11) is 0. The molecule has 3 heterocycles. The van der Waals surface area contributed by atoms with Crippen LogP contribution in [-0.2, 0) is 4.74 Å². The summed E-state index contributed by atoms with van der Waals surface area (Å²) in [5.41, 5.74) is 2.55. The van der Waals surface area contributed by atoms with Crippen molar-refractivity contribution >= 4 is 22.9 Å². The Hall–Kier alpha value is -2.64. The van der Waals surface area contributed by atoms with Crippen LogP contribution in [0.3, 0.4) is 0 Å². The van der Waals surface area contributed by atoms with Gasteiger partial charge in [0.05, 0.1) is 11.7 Å². The van der Waals surface area contributed by atoms with Gasteiger partial charge in [-0.1, -0.05) is 34.1 Å². The number of amides is 1. The Morgan fingerprint density at radius 1 is 1.36 bits per heavy atom. The summed E-state index contributed by atoms with van der Waals surface area (Å²) in [5, 5.41) is 11.7. The largest absolute Gasteiger partial charge is 0.446 e. The average molecular weight is 384 g/mol. The maximum atomic E-state index is 12.2. The average Bonchev–Trinajstić information content (AvgIpc) is 3.35. The van der Waals surface area contributed by atoms with Gasteiger partial charge in [-0.25, -0.2) is 9.78 Å². The lowest BCUT2D eigenvalue weighted by Gasteiger charge is -2.20. The molecule has 3 aromatic heterocycles. The Kier molecular flexibility index (Phi) is 4.72. The predicted octanol–water partition coefficient (Wildman–Crippen LogP) is 3.65. The van der Waals surface area contributed by atoms with Gasteiger partial charge in [0.25, 0.3) is 0 Å². The first-order valence-electron chi connectivity index (χ1n) is 9.97. The summed E-state index contributed by atoms with van der Waals surface area (Å²) >= 11 is 0. The molecule has 1 aliphatic carbocycles. The van der Waals surface area contributed by atoms with E-state index in [-0.39, 0.29) is 23.5 Å². The molecule has 0 bridgehead atoms. The van der Waals surface area contributed by atoms with E-state index in [1.54, 1.807) is 6.20 Å². The second-order valence-electron chi connectivity index (χ2n) is 8.91. The van der Waals surface area contributed by atoms with E-state index in [4.69, 9.17) is 4.74 Å². The molecule has 0 radical (unpaired) electrons. The van der Waals surface area contributed by atoms with Gasteiger partial charge in [-0.05, 0) is 30.2 Å². The molecule has 0 spiro atoms. The van der Waals surface area contributed by atoms with E-state index in [0.717, 1.165) is 41.9 Å². The van der Waals surface area contributed by atoms with E-state index in [0.29, 0.717) is 12.5 Å². The second-order valence-corrected chi connectivity index (χ2v) is 8.91. The number of hydrogen-bond donors (Lipinski definition) is 2. The third-order valence-electron chi connectivity index (χ3n) is 5.51. The van der Waals surface area contributed by atoms with E-state index >= 15 is 0 Å². The maximum Gasteiger partial charge on any atom is 0.407 e. The number of aromatic nitrogens is 5. The fraction of sp³-hybridized carbons (Fsp3) is 0.600. The van der Waals surface area contributed by atoms with Gasteiger partial charge in [-0.3, -0.25) is 4.40 Å². The number of carbonyl (C=O) groups excluding carboxylic acids is 1. The summed E-state index contributed by atoms with van der Waals surface area (Å²) in [5.74, 6) is 1.52. The van der Waals surface area contributed by atoms with Crippen LogP contribution in [0.2, 0.25) is 0 Å². The number of nitrogens with one attached hydrogen (secondary N) is 2. The standard InChI is InChI=1S/C20H28N6O2/c1-5-12-8-13(28-19(27)23-11-20(2,3)4)9-14(12)18-25-24-16-10-22-17-15(26(16)18)6-7-21-17/h6-7,10,12-14,21H,5,8-9,11H2,1-4H3,(H,23,27)/t12-,13+,14+/m1/s1. The van der Waals surface area contributed by atoms with Crippen molar-refractivity contribution in [3.05, 3.63) is 24.3 Å². The molecule has 8 nitrogen and oxygen atoms in total. The van der Waals surface area contributed by atoms with Crippen LogP contribution in [0.5, 0.6) is 0 Å². The zero-order valence-electron chi connectivity index (χ0n) is 16.9. The number of aromatic amines is 1. The Balaban J connectivity index is 1.54. The van der Waals surface area contributed by atoms with Crippen molar-refractivity contribution < 1.29 is 9.53 Å². The molecule has 0 unspecified atom stereocenters. The number of rotatable bonds is 4. The van der Waals surface area contributed by atoms with Crippen LogP contribution >= 0.6 is 0 Å². The Morgan fingerprint density at radius 2 is 2.18 bits per heavy atom. The zero-order chi connectivity index (χ0) is 19.9. The highest BCUT2D eigenvalue weighted by atomic mass is 16.6. The molecule has 1 amide bonds. The van der Waals surface area contributed by atoms with Crippen molar-refractivity contribution in [1.82, 2.24) is 29.9 Å². The van der Waals surface area contributed by atoms with Gasteiger partial charge in [0.1, 0.15) is 11.9 Å². The summed E-state index contributed by atoms with van der Waals surface area (Å²) in [6.07, 6.45) is 5.78. The molecule has 150 valence electrons. The first-order valence-corrected chi connectivity index (χ1v) is 9.97. The SMILES string of the molecule is CC[C@@H]1C[C@H](OC(=O)NCC(C)(C)C)C[C@@H]1c1nnc2cnc3[nH]ccc3n12. The molecule has 1 fully saturated rings. The highest BCUT2D eigenvalue weighted by Gasteiger charge is 2.39. The van der Waals surface area contributed by atoms with Crippen LogP contribution in [0.15, 0.2) is 18.5 Å². The molecular weight excluding hydrogens is 356 g/mol. The van der Waals surface area contributed by atoms with Crippen molar-refractivity contribution in [3.8, 4) is 0 Å². The molecule has 0 saturated heterocycles. The minimum absolute atomic E-state index is 0.0274. The summed E-state index contributed by atoms with van der Waals surface area (Å²) < 4.78 is 7.80. The lowest BCUT2D eigenvalue weighted by molar-refractivity contribution is 0.0955. The Bertz CT molecular complexity index is 986. The molecule has 28 heavy (non-hydrogen) atoms. The van der Waals surface area contributed by atoms with Gasteiger partial charge < -0.3 is 15.0 Å². The Labute approximate surface area is 164 Å². The van der Waals surface area contributed by atoms with Gasteiger partial charge >= 0.3 is 6.09 Å². The molecule has 0 aromatic carbocycles. The van der Waals surface area contributed by atoms with Gasteiger partial charge in [-0.2, -0.15) is 0 Å². The fourth-order valence-corrected chi connectivity index (χ4v) is 4.11. The van der Waals surface area contributed by atoms with Crippen molar-refractivity contribution in [1.29, 1.82) is 0 Å². The van der Waals surface area contributed by atoms with Gasteiger partial charge in [0, 0.05) is 18.7 Å². The van der Waals surface area contributed by atoms with Crippen LogP contribution in [0.25, 0.3) is 16.8 Å². The third kappa shape index (κ3) is 3.55. The zero-order valence-corrected chi connectivity index (χ0v) is 16.9. The van der Waals surface area contributed by atoms with Crippen molar-refractivity contribution in [2.45, 2.75) is 59.0 Å². The number of nitrogens with zero attached hydrogens (tertiary/aromatic N) is 4. The molecule has 3 atom stereocenters. The van der Waals surface area contributed by atoms with Crippen molar-refractivity contribution in [3.63, 3.8) is 0 Å². The fourth-order valence-electron chi connectivity index (χ4n) is 4.11. The third-order valence-corrected chi connectivity index (χ3v) is 5.51. The van der Waals surface area contributed by atoms with Crippen LogP contribution in [0.1, 0.15) is 58.7 Å². The van der Waals surface area contributed by atoms with Crippen LogP contribution in [0, 0.1) is 11.3 Å². The molecule has 1 saturated carbocycles. The second kappa shape index (κ2) is 7.07. The molecule has 1 aliphatic rings. The number of ether oxygens (including phenoxy) is 1. The quantitative estimate of drug-likeness (QED) is 0.716. The number of H-pyrrole nitrogens is 1. The number of fused-ring (bicyclic) bond motifs is 3. The van der Waals surface area contributed by atoms with Crippen molar-refractivity contribution in [2.24, 2.45) is 11.3 Å². The molecule has 8 heteroatoms. The van der Waals surface area contributed by atoms with E-state index in [1.807, 2.05) is 12.3 Å². The monoisotopic (exact) mass is 384 g/mol. The van der Waals surface area contributed by atoms with Crippen LogP contribution in [0.4, 0.5) is 4.79 Å². The normalized spacial score (nSPS) is 22.8. The van der Waals surface area contributed by atoms with E-state index in [1.165, 1.54) is 0 Å². The van der Waals surface area contributed by atoms with Gasteiger partial charge in [-0.15, -0.1) is 10.2 Å². The van der Waals surface area contributed by atoms with Gasteiger partial charge in [0.2, 0.25) is 0 Å². The minimum Gasteiger partial charge on any atom is -0.446 e. The molecular formula is C20H28N6O2. The predicted molar refractivity (Wildman–Crippen MR) is 106 cm³/mol. The highest BCUT2D eigenvalue weighted by Crippen LogP contribution is 2.42. The first kappa shape index (κ1) is 18.7. The number of carbonyl (C=O) groups is 1.